The van der Waals surface area contributed by atoms with E-state index in [1.165, 1.54) is 0 Å². The lowest BCUT2D eigenvalue weighted by Crippen LogP contribution is -1.96. The minimum atomic E-state index is 0.562. The van der Waals surface area contributed by atoms with E-state index < -0.39 is 0 Å². The van der Waals surface area contributed by atoms with E-state index >= 15 is 0 Å². The van der Waals surface area contributed by atoms with Crippen molar-refractivity contribution in [2.75, 3.05) is 7.11 Å². The highest BCUT2D eigenvalue weighted by atomic mass is 16.5. The van der Waals surface area contributed by atoms with E-state index in [0.29, 0.717) is 11.7 Å². The van der Waals surface area contributed by atoms with E-state index in [9.17, 15) is 0 Å². The van der Waals surface area contributed by atoms with Crippen molar-refractivity contribution >= 4 is 5.78 Å². The van der Waals surface area contributed by atoms with Gasteiger partial charge < -0.3 is 4.74 Å². The van der Waals surface area contributed by atoms with Gasteiger partial charge in [-0.1, -0.05) is 0 Å². The predicted molar refractivity (Wildman–Crippen MR) is 42.1 cm³/mol. The number of aryl methyl sites for hydroxylation is 1. The largest absolute Gasteiger partial charge is 0.482 e. The van der Waals surface area contributed by atoms with Crippen molar-refractivity contribution in [1.29, 1.82) is 0 Å². The van der Waals surface area contributed by atoms with Gasteiger partial charge in [0.2, 0.25) is 5.88 Å². The van der Waals surface area contributed by atoms with Gasteiger partial charge in [0.15, 0.2) is 0 Å². The molecule has 0 unspecified atom stereocenters. The van der Waals surface area contributed by atoms with E-state index in [4.69, 9.17) is 4.74 Å². The van der Waals surface area contributed by atoms with Crippen LogP contribution in [-0.4, -0.2) is 26.7 Å². The molecule has 0 atom stereocenters. The van der Waals surface area contributed by atoms with Gasteiger partial charge >= 0.3 is 0 Å². The molecule has 12 heavy (non-hydrogen) atoms. The Morgan fingerprint density at radius 2 is 2.33 bits per heavy atom. The minimum absolute atomic E-state index is 0.562. The summed E-state index contributed by atoms with van der Waals surface area (Å²) in [4.78, 5) is 4.15. The molecule has 0 aliphatic heterocycles. The molecule has 0 aliphatic rings. The summed E-state index contributed by atoms with van der Waals surface area (Å²) in [6.45, 7) is 1.89. The Kier molecular flexibility index (Phi) is 1.43. The van der Waals surface area contributed by atoms with Gasteiger partial charge in [-0.05, 0) is 6.92 Å². The smallest absolute Gasteiger partial charge is 0.257 e. The summed E-state index contributed by atoms with van der Waals surface area (Å²) in [5.74, 6) is 1.26. The second kappa shape index (κ2) is 2.44. The lowest BCUT2D eigenvalue weighted by Gasteiger charge is -2.02. The molecule has 5 nitrogen and oxygen atoms in total. The monoisotopic (exact) mass is 164 g/mol. The first kappa shape index (κ1) is 7.02. The van der Waals surface area contributed by atoms with Gasteiger partial charge in [0.25, 0.3) is 5.78 Å². The summed E-state index contributed by atoms with van der Waals surface area (Å²) < 4.78 is 6.80. The molecule has 2 rings (SSSR count). The fourth-order valence-electron chi connectivity index (χ4n) is 1.06. The van der Waals surface area contributed by atoms with Gasteiger partial charge in [-0.3, -0.25) is 0 Å². The first-order chi connectivity index (χ1) is 5.81. The molecule has 0 aromatic carbocycles. The molecule has 5 heteroatoms. The van der Waals surface area contributed by atoms with Gasteiger partial charge in [0.05, 0.1) is 7.11 Å². The third-order valence-corrected chi connectivity index (χ3v) is 1.59. The normalized spacial score (nSPS) is 10.5. The first-order valence-electron chi connectivity index (χ1n) is 3.52. The van der Waals surface area contributed by atoms with Crippen molar-refractivity contribution in [2.45, 2.75) is 6.92 Å². The summed E-state index contributed by atoms with van der Waals surface area (Å²) >= 11 is 0. The Labute approximate surface area is 69.0 Å². The summed E-state index contributed by atoms with van der Waals surface area (Å²) in [6.07, 6.45) is 1.57. The van der Waals surface area contributed by atoms with Crippen LogP contribution in [0.4, 0.5) is 0 Å². The summed E-state index contributed by atoms with van der Waals surface area (Å²) in [5, 5.41) is 7.53. The van der Waals surface area contributed by atoms with E-state index in [-0.39, 0.29) is 0 Å². The van der Waals surface area contributed by atoms with Crippen molar-refractivity contribution < 1.29 is 4.74 Å². The number of nitrogens with zero attached hydrogens (tertiary/aromatic N) is 4. The van der Waals surface area contributed by atoms with Crippen LogP contribution < -0.4 is 4.74 Å². The number of fused-ring (bicyclic) bond motifs is 1. The molecule has 0 fully saturated rings. The van der Waals surface area contributed by atoms with E-state index in [1.807, 2.05) is 13.0 Å². The van der Waals surface area contributed by atoms with Gasteiger partial charge in [-0.15, -0.1) is 10.2 Å². The minimum Gasteiger partial charge on any atom is -0.482 e. The average Bonchev–Trinajstić information content (AvgIpc) is 2.50. The Morgan fingerprint density at radius 3 is 3.08 bits per heavy atom. The number of hydrogen-bond acceptors (Lipinski definition) is 4. The van der Waals surface area contributed by atoms with Crippen LogP contribution in [0.1, 0.15) is 5.69 Å². The first-order valence-corrected chi connectivity index (χ1v) is 3.52. The molecule has 2 heterocycles. The van der Waals surface area contributed by atoms with Crippen molar-refractivity contribution in [3.05, 3.63) is 18.1 Å². The lowest BCUT2D eigenvalue weighted by atomic mass is 10.4. The van der Waals surface area contributed by atoms with E-state index in [2.05, 4.69) is 15.2 Å². The highest BCUT2D eigenvalue weighted by Crippen LogP contribution is 2.11. The van der Waals surface area contributed by atoms with Crippen LogP contribution in [0.3, 0.4) is 0 Å². The Bertz CT molecular complexity index is 409. The van der Waals surface area contributed by atoms with Gasteiger partial charge in [0, 0.05) is 11.8 Å². The molecular weight excluding hydrogens is 156 g/mol. The Balaban J connectivity index is 2.80. The van der Waals surface area contributed by atoms with Crippen molar-refractivity contribution in [1.82, 2.24) is 19.6 Å². The lowest BCUT2D eigenvalue weighted by molar-refractivity contribution is 0.390. The summed E-state index contributed by atoms with van der Waals surface area (Å²) in [6, 6.07) is 1.83. The second-order valence-corrected chi connectivity index (χ2v) is 2.44. The predicted octanol–water partition coefficient (Wildman–Crippen LogP) is 0.441. The molecule has 0 saturated carbocycles. The zero-order valence-electron chi connectivity index (χ0n) is 6.85. The molecule has 0 saturated heterocycles. The van der Waals surface area contributed by atoms with Gasteiger partial charge in [0.1, 0.15) is 6.33 Å². The second-order valence-electron chi connectivity index (χ2n) is 2.44. The maximum absolute atomic E-state index is 5.11. The maximum Gasteiger partial charge on any atom is 0.257 e. The molecule has 2 aromatic rings. The van der Waals surface area contributed by atoms with Crippen LogP contribution in [-0.2, 0) is 0 Å². The number of aromatic nitrogens is 4. The highest BCUT2D eigenvalue weighted by molar-refractivity contribution is 5.33. The topological polar surface area (TPSA) is 52.3 Å². The Hall–Kier alpha value is -1.65. The molecule has 0 bridgehead atoms. The zero-order chi connectivity index (χ0) is 8.55. The zero-order valence-corrected chi connectivity index (χ0v) is 6.85. The van der Waals surface area contributed by atoms with E-state index in [0.717, 1.165) is 5.69 Å². The van der Waals surface area contributed by atoms with Crippen LogP contribution >= 0.6 is 0 Å². The SMILES string of the molecule is COc1cc(C)nc2nncn12. The van der Waals surface area contributed by atoms with E-state index in [1.54, 1.807) is 17.8 Å². The molecule has 0 spiro atoms. The fourth-order valence-corrected chi connectivity index (χ4v) is 1.06. The number of hydrogen-bond donors (Lipinski definition) is 0. The molecule has 0 amide bonds. The molecule has 2 aromatic heterocycles. The third kappa shape index (κ3) is 0.903. The molecule has 0 N–H and O–H groups in total. The highest BCUT2D eigenvalue weighted by Gasteiger charge is 2.03. The summed E-state index contributed by atoms with van der Waals surface area (Å²) in [7, 11) is 1.61. The van der Waals surface area contributed by atoms with Crippen LogP contribution in [0.5, 0.6) is 5.88 Å². The summed E-state index contributed by atoms with van der Waals surface area (Å²) in [5.41, 5.74) is 0.868. The molecule has 0 radical (unpaired) electrons. The fraction of sp³-hybridized carbons (Fsp3) is 0.286. The number of methoxy groups -OCH3 is 1. The Morgan fingerprint density at radius 1 is 1.50 bits per heavy atom. The number of ether oxygens (including phenoxy) is 1. The molecular formula is C7H8N4O. The number of rotatable bonds is 1. The molecule has 0 aliphatic carbocycles. The standard InChI is InChI=1S/C7H8N4O/c1-5-3-6(12-2)11-4-8-10-7(11)9-5/h3-4H,1-2H3. The van der Waals surface area contributed by atoms with Crippen LogP contribution in [0.15, 0.2) is 12.4 Å². The quantitative estimate of drug-likeness (QED) is 0.613. The van der Waals surface area contributed by atoms with Gasteiger partial charge in [-0.25, -0.2) is 9.38 Å². The van der Waals surface area contributed by atoms with Crippen LogP contribution in [0.25, 0.3) is 5.78 Å². The third-order valence-electron chi connectivity index (χ3n) is 1.59. The van der Waals surface area contributed by atoms with Crippen LogP contribution in [0.2, 0.25) is 0 Å². The average molecular weight is 164 g/mol. The van der Waals surface area contributed by atoms with Crippen molar-refractivity contribution in [3.63, 3.8) is 0 Å². The van der Waals surface area contributed by atoms with Crippen molar-refractivity contribution in [3.8, 4) is 5.88 Å². The maximum atomic E-state index is 5.11. The van der Waals surface area contributed by atoms with Crippen LogP contribution in [0, 0.1) is 6.92 Å². The van der Waals surface area contributed by atoms with Gasteiger partial charge in [-0.2, -0.15) is 0 Å². The molecule has 62 valence electrons. The van der Waals surface area contributed by atoms with Crippen molar-refractivity contribution in [2.24, 2.45) is 0 Å².